The topological polar surface area (TPSA) is 47.6 Å². The van der Waals surface area contributed by atoms with Crippen LogP contribution in [0.15, 0.2) is 24.3 Å². The molecule has 1 atom stereocenters. The second-order valence-corrected chi connectivity index (χ2v) is 5.68. The maximum Gasteiger partial charge on any atom is 0.461 e. The molecule has 0 saturated carbocycles. The van der Waals surface area contributed by atoms with E-state index in [1.807, 2.05) is 13.8 Å². The number of nitrogens with one attached hydrogen (secondary N) is 1. The van der Waals surface area contributed by atoms with E-state index in [-0.39, 0.29) is 6.61 Å². The Morgan fingerprint density at radius 2 is 2.09 bits per heavy atom. The van der Waals surface area contributed by atoms with Crippen LogP contribution in [0.2, 0.25) is 0 Å². The lowest BCUT2D eigenvalue weighted by atomic mass is 9.80. The minimum Gasteiger partial charge on any atom is -0.449 e. The number of carbonyl (C=O) groups is 1. The zero-order chi connectivity index (χ0) is 16.5. The van der Waals surface area contributed by atoms with Crippen LogP contribution in [0.3, 0.4) is 0 Å². The van der Waals surface area contributed by atoms with Gasteiger partial charge in [0.1, 0.15) is 12.4 Å². The molecule has 1 amide bonds. The molecule has 1 fully saturated rings. The summed E-state index contributed by atoms with van der Waals surface area (Å²) < 4.78 is 59.2. The van der Waals surface area contributed by atoms with E-state index in [1.165, 1.54) is 12.1 Å². The molecule has 1 aromatic carbocycles. The maximum atomic E-state index is 13.0. The molecule has 0 aromatic heterocycles. The van der Waals surface area contributed by atoms with Crippen LogP contribution >= 0.6 is 0 Å². The molecule has 0 radical (unpaired) electrons. The standard InChI is InChI=1S/C14H15F4NO3/c1-13(2)7-21-12(20)19-10(13)8-4-3-5-9(6-8)22-14(17,18)11(15)16/h3-6,10-11H,7H2,1-2H3,(H,19,20)/t10-/m1/s1. The van der Waals surface area contributed by atoms with Crippen molar-refractivity contribution in [3.63, 3.8) is 0 Å². The number of alkyl halides is 4. The van der Waals surface area contributed by atoms with Gasteiger partial charge in [-0.25, -0.2) is 4.79 Å². The van der Waals surface area contributed by atoms with Gasteiger partial charge in [0.15, 0.2) is 0 Å². The summed E-state index contributed by atoms with van der Waals surface area (Å²) in [5.41, 5.74) is -0.0400. The highest BCUT2D eigenvalue weighted by atomic mass is 19.3. The van der Waals surface area contributed by atoms with Crippen molar-refractivity contribution in [2.45, 2.75) is 32.4 Å². The van der Waals surface area contributed by atoms with Gasteiger partial charge >= 0.3 is 18.6 Å². The van der Waals surface area contributed by atoms with Gasteiger partial charge < -0.3 is 14.8 Å². The zero-order valence-electron chi connectivity index (χ0n) is 11.9. The normalized spacial score (nSPS) is 21.2. The minimum atomic E-state index is -4.58. The molecular formula is C14H15F4NO3. The van der Waals surface area contributed by atoms with E-state index in [0.29, 0.717) is 5.56 Å². The van der Waals surface area contributed by atoms with Crippen molar-refractivity contribution >= 4 is 6.09 Å². The van der Waals surface area contributed by atoms with Crippen molar-refractivity contribution in [1.82, 2.24) is 5.32 Å². The Morgan fingerprint density at radius 1 is 1.41 bits per heavy atom. The Labute approximate surface area is 124 Å². The lowest BCUT2D eigenvalue weighted by Crippen LogP contribution is -2.46. The Hall–Kier alpha value is -1.99. The zero-order valence-corrected chi connectivity index (χ0v) is 11.9. The van der Waals surface area contributed by atoms with Crippen LogP contribution in [-0.2, 0) is 4.74 Å². The number of carbonyl (C=O) groups excluding carboxylic acids is 1. The molecule has 0 aliphatic carbocycles. The van der Waals surface area contributed by atoms with E-state index in [1.54, 1.807) is 6.07 Å². The van der Waals surface area contributed by atoms with Crippen LogP contribution in [0.1, 0.15) is 25.5 Å². The van der Waals surface area contributed by atoms with Gasteiger partial charge in [-0.15, -0.1) is 0 Å². The number of amides is 1. The first kappa shape index (κ1) is 16.4. The molecule has 2 rings (SSSR count). The van der Waals surface area contributed by atoms with Gasteiger partial charge in [0.2, 0.25) is 0 Å². The first-order chi connectivity index (χ1) is 10.1. The van der Waals surface area contributed by atoms with Crippen LogP contribution in [0.5, 0.6) is 5.75 Å². The van der Waals surface area contributed by atoms with Crippen molar-refractivity contribution in [1.29, 1.82) is 0 Å². The molecule has 1 heterocycles. The summed E-state index contributed by atoms with van der Waals surface area (Å²) in [6, 6.07) is 4.81. The van der Waals surface area contributed by atoms with Gasteiger partial charge in [-0.2, -0.15) is 17.6 Å². The van der Waals surface area contributed by atoms with Crippen LogP contribution in [0.4, 0.5) is 22.4 Å². The molecule has 1 N–H and O–H groups in total. The van der Waals surface area contributed by atoms with Gasteiger partial charge in [-0.05, 0) is 17.7 Å². The highest BCUT2D eigenvalue weighted by molar-refractivity contribution is 5.69. The molecule has 22 heavy (non-hydrogen) atoms. The first-order valence-corrected chi connectivity index (χ1v) is 6.50. The predicted molar refractivity (Wildman–Crippen MR) is 69.0 cm³/mol. The first-order valence-electron chi connectivity index (χ1n) is 6.50. The van der Waals surface area contributed by atoms with E-state index in [2.05, 4.69) is 10.1 Å². The molecule has 1 aliphatic rings. The molecule has 0 spiro atoms. The summed E-state index contributed by atoms with van der Waals surface area (Å²) in [6.45, 7) is 3.78. The summed E-state index contributed by atoms with van der Waals surface area (Å²) in [4.78, 5) is 11.4. The average molecular weight is 321 g/mol. The fourth-order valence-corrected chi connectivity index (χ4v) is 2.18. The number of alkyl carbamates (subject to hydrolysis) is 1. The SMILES string of the molecule is CC1(C)COC(=O)N[C@@H]1c1cccc(OC(F)(F)C(F)F)c1. The van der Waals surface area contributed by atoms with Crippen molar-refractivity contribution in [2.75, 3.05) is 6.61 Å². The van der Waals surface area contributed by atoms with E-state index >= 15 is 0 Å². The summed E-state index contributed by atoms with van der Waals surface area (Å²) in [6.07, 6.45) is -9.14. The number of rotatable bonds is 4. The van der Waals surface area contributed by atoms with Crippen molar-refractivity contribution in [3.8, 4) is 5.75 Å². The van der Waals surface area contributed by atoms with E-state index in [0.717, 1.165) is 6.07 Å². The van der Waals surface area contributed by atoms with Gasteiger partial charge in [-0.3, -0.25) is 0 Å². The summed E-state index contributed by atoms with van der Waals surface area (Å²) in [5.74, 6) is -0.403. The smallest absolute Gasteiger partial charge is 0.449 e. The van der Waals surface area contributed by atoms with Crippen LogP contribution in [-0.4, -0.2) is 25.2 Å². The van der Waals surface area contributed by atoms with Gasteiger partial charge in [-0.1, -0.05) is 26.0 Å². The number of hydrogen-bond acceptors (Lipinski definition) is 3. The van der Waals surface area contributed by atoms with Gasteiger partial charge in [0.25, 0.3) is 0 Å². The molecule has 1 aromatic rings. The summed E-state index contributed by atoms with van der Waals surface area (Å²) in [7, 11) is 0. The molecule has 0 bridgehead atoms. The third-order valence-corrected chi connectivity index (χ3v) is 3.32. The highest BCUT2D eigenvalue weighted by Crippen LogP contribution is 2.38. The molecule has 1 aliphatic heterocycles. The minimum absolute atomic E-state index is 0.141. The van der Waals surface area contributed by atoms with E-state index < -0.39 is 35.8 Å². The van der Waals surface area contributed by atoms with Gasteiger partial charge in [0.05, 0.1) is 6.04 Å². The maximum absolute atomic E-state index is 13.0. The average Bonchev–Trinajstić information content (AvgIpc) is 2.41. The summed E-state index contributed by atoms with van der Waals surface area (Å²) >= 11 is 0. The highest BCUT2D eigenvalue weighted by Gasteiger charge is 2.44. The lowest BCUT2D eigenvalue weighted by Gasteiger charge is -2.38. The van der Waals surface area contributed by atoms with Crippen molar-refractivity contribution < 1.29 is 31.8 Å². The van der Waals surface area contributed by atoms with Crippen LogP contribution in [0, 0.1) is 5.41 Å². The third kappa shape index (κ3) is 3.42. The Balaban J connectivity index is 2.26. The van der Waals surface area contributed by atoms with Crippen LogP contribution in [0.25, 0.3) is 0 Å². The quantitative estimate of drug-likeness (QED) is 0.860. The molecule has 0 unspecified atom stereocenters. The molecule has 4 nitrogen and oxygen atoms in total. The predicted octanol–water partition coefficient (Wildman–Crippen LogP) is 3.73. The number of cyclic esters (lactones) is 1. The molecule has 8 heteroatoms. The molecule has 122 valence electrons. The Morgan fingerprint density at radius 3 is 2.73 bits per heavy atom. The van der Waals surface area contributed by atoms with Gasteiger partial charge in [0, 0.05) is 5.41 Å². The van der Waals surface area contributed by atoms with Crippen molar-refractivity contribution in [2.24, 2.45) is 5.41 Å². The van der Waals surface area contributed by atoms with E-state index in [9.17, 15) is 22.4 Å². The fourth-order valence-electron chi connectivity index (χ4n) is 2.18. The van der Waals surface area contributed by atoms with Crippen LogP contribution < -0.4 is 10.1 Å². The molecule has 1 saturated heterocycles. The van der Waals surface area contributed by atoms with Crippen molar-refractivity contribution in [3.05, 3.63) is 29.8 Å². The number of ether oxygens (including phenoxy) is 2. The fraction of sp³-hybridized carbons (Fsp3) is 0.500. The monoisotopic (exact) mass is 321 g/mol. The molecular weight excluding hydrogens is 306 g/mol. The Bertz CT molecular complexity index is 563. The second kappa shape index (κ2) is 5.66. The number of halogens is 4. The second-order valence-electron chi connectivity index (χ2n) is 5.68. The third-order valence-electron chi connectivity index (χ3n) is 3.32. The Kier molecular flexibility index (Phi) is 4.21. The van der Waals surface area contributed by atoms with E-state index in [4.69, 9.17) is 4.74 Å². The lowest BCUT2D eigenvalue weighted by molar-refractivity contribution is -0.253. The number of benzene rings is 1. The largest absolute Gasteiger partial charge is 0.461 e. The number of hydrogen-bond donors (Lipinski definition) is 1. The summed E-state index contributed by atoms with van der Waals surface area (Å²) in [5, 5.41) is 2.58.